The lowest BCUT2D eigenvalue weighted by Crippen LogP contribution is -2.43. The predicted octanol–water partition coefficient (Wildman–Crippen LogP) is 2.39. The van der Waals surface area contributed by atoms with Crippen LogP contribution < -0.4 is 5.32 Å². The molecule has 2 aliphatic rings. The Morgan fingerprint density at radius 3 is 2.33 bits per heavy atom. The molecule has 0 atom stereocenters. The Labute approximate surface area is 110 Å². The van der Waals surface area contributed by atoms with Crippen LogP contribution in [0.3, 0.4) is 0 Å². The number of ether oxygens (including phenoxy) is 1. The summed E-state index contributed by atoms with van der Waals surface area (Å²) in [5.74, 6) is 0.638. The van der Waals surface area contributed by atoms with E-state index in [-0.39, 0.29) is 6.09 Å². The van der Waals surface area contributed by atoms with Crippen LogP contribution in [-0.4, -0.2) is 42.3 Å². The molecule has 1 heterocycles. The van der Waals surface area contributed by atoms with Gasteiger partial charge < -0.3 is 15.0 Å². The number of nitrogens with zero attached hydrogens (tertiary/aromatic N) is 1. The minimum atomic E-state index is -0.391. The van der Waals surface area contributed by atoms with E-state index in [0.29, 0.717) is 12.0 Å². The Kier molecular flexibility index (Phi) is 4.15. The van der Waals surface area contributed by atoms with Gasteiger partial charge in [0, 0.05) is 12.6 Å². The quantitative estimate of drug-likeness (QED) is 0.841. The van der Waals surface area contributed by atoms with Crippen LogP contribution in [0.1, 0.15) is 46.5 Å². The molecule has 1 N–H and O–H groups in total. The maximum Gasteiger partial charge on any atom is 0.410 e. The van der Waals surface area contributed by atoms with Gasteiger partial charge in [0.05, 0.1) is 0 Å². The smallest absolute Gasteiger partial charge is 0.410 e. The number of hydrogen-bond acceptors (Lipinski definition) is 3. The highest BCUT2D eigenvalue weighted by atomic mass is 16.6. The molecule has 1 amide bonds. The Bertz CT molecular complexity index is 289. The summed E-state index contributed by atoms with van der Waals surface area (Å²) in [5, 5.41) is 3.37. The van der Waals surface area contributed by atoms with Crippen molar-refractivity contribution in [1.29, 1.82) is 0 Å². The second kappa shape index (κ2) is 5.47. The summed E-state index contributed by atoms with van der Waals surface area (Å²) in [5.41, 5.74) is -0.391. The van der Waals surface area contributed by atoms with E-state index < -0.39 is 5.60 Å². The fourth-order valence-corrected chi connectivity index (χ4v) is 2.42. The summed E-state index contributed by atoms with van der Waals surface area (Å²) in [6.07, 6.45) is 4.51. The summed E-state index contributed by atoms with van der Waals surface area (Å²) >= 11 is 0. The Balaban J connectivity index is 1.88. The van der Waals surface area contributed by atoms with Crippen molar-refractivity contribution >= 4 is 6.09 Å². The number of rotatable bonds is 3. The van der Waals surface area contributed by atoms with Gasteiger partial charge in [-0.25, -0.2) is 4.79 Å². The van der Waals surface area contributed by atoms with Crippen molar-refractivity contribution in [2.45, 2.75) is 58.1 Å². The molecular formula is C14H26N2O2. The maximum atomic E-state index is 12.2. The first-order valence-electron chi connectivity index (χ1n) is 7.16. The zero-order valence-corrected chi connectivity index (χ0v) is 11.9. The topological polar surface area (TPSA) is 41.6 Å². The van der Waals surface area contributed by atoms with Gasteiger partial charge in [-0.05, 0) is 65.5 Å². The number of piperidine rings is 1. The first-order chi connectivity index (χ1) is 8.46. The van der Waals surface area contributed by atoms with Gasteiger partial charge >= 0.3 is 6.09 Å². The van der Waals surface area contributed by atoms with Crippen LogP contribution in [0, 0.1) is 5.92 Å². The number of nitrogens with one attached hydrogen (secondary N) is 1. The third-order valence-corrected chi connectivity index (χ3v) is 3.53. The number of carbonyl (C=O) groups excluding carboxylic acids is 1. The van der Waals surface area contributed by atoms with Crippen molar-refractivity contribution in [3.63, 3.8) is 0 Å². The van der Waals surface area contributed by atoms with E-state index in [4.69, 9.17) is 4.74 Å². The molecule has 0 radical (unpaired) electrons. The van der Waals surface area contributed by atoms with E-state index in [9.17, 15) is 4.79 Å². The summed E-state index contributed by atoms with van der Waals surface area (Å²) in [4.78, 5) is 14.2. The largest absolute Gasteiger partial charge is 0.444 e. The van der Waals surface area contributed by atoms with Gasteiger partial charge in [-0.1, -0.05) is 0 Å². The van der Waals surface area contributed by atoms with Crippen LogP contribution in [0.5, 0.6) is 0 Å². The monoisotopic (exact) mass is 254 g/mol. The summed E-state index contributed by atoms with van der Waals surface area (Å²) in [7, 11) is 0. The molecular weight excluding hydrogens is 228 g/mol. The third kappa shape index (κ3) is 4.16. The zero-order valence-electron chi connectivity index (χ0n) is 11.9. The normalized spacial score (nSPS) is 21.7. The van der Waals surface area contributed by atoms with Crippen molar-refractivity contribution < 1.29 is 9.53 Å². The van der Waals surface area contributed by atoms with Crippen LogP contribution in [0.15, 0.2) is 0 Å². The van der Waals surface area contributed by atoms with Gasteiger partial charge in [-0.15, -0.1) is 0 Å². The minimum Gasteiger partial charge on any atom is -0.444 e. The van der Waals surface area contributed by atoms with Gasteiger partial charge in [0.25, 0.3) is 0 Å². The molecule has 4 nitrogen and oxygen atoms in total. The lowest BCUT2D eigenvalue weighted by Gasteiger charge is -2.32. The van der Waals surface area contributed by atoms with Crippen molar-refractivity contribution in [2.24, 2.45) is 5.92 Å². The van der Waals surface area contributed by atoms with Crippen LogP contribution >= 0.6 is 0 Å². The molecule has 4 heteroatoms. The third-order valence-electron chi connectivity index (χ3n) is 3.53. The molecule has 0 aromatic heterocycles. The van der Waals surface area contributed by atoms with Crippen LogP contribution in [0.2, 0.25) is 0 Å². The molecule has 2 fully saturated rings. The maximum absolute atomic E-state index is 12.2. The summed E-state index contributed by atoms with van der Waals surface area (Å²) < 4.78 is 5.51. The number of hydrogen-bond donors (Lipinski definition) is 1. The lowest BCUT2D eigenvalue weighted by molar-refractivity contribution is 0.0192. The average molecular weight is 254 g/mol. The molecule has 18 heavy (non-hydrogen) atoms. The Morgan fingerprint density at radius 2 is 1.83 bits per heavy atom. The molecule has 1 saturated carbocycles. The van der Waals surface area contributed by atoms with E-state index in [0.717, 1.165) is 32.5 Å². The first-order valence-corrected chi connectivity index (χ1v) is 7.16. The minimum absolute atomic E-state index is 0.122. The summed E-state index contributed by atoms with van der Waals surface area (Å²) in [6, 6.07) is 0.440. The van der Waals surface area contributed by atoms with Crippen LogP contribution in [-0.2, 0) is 4.74 Å². The highest BCUT2D eigenvalue weighted by Gasteiger charge is 2.36. The van der Waals surface area contributed by atoms with Crippen LogP contribution in [0.4, 0.5) is 4.79 Å². The second-order valence-electron chi connectivity index (χ2n) is 6.56. The van der Waals surface area contributed by atoms with Crippen LogP contribution in [0.25, 0.3) is 0 Å². The van der Waals surface area contributed by atoms with Crippen molar-refractivity contribution in [3.8, 4) is 0 Å². The molecule has 104 valence electrons. The second-order valence-corrected chi connectivity index (χ2v) is 6.56. The molecule has 0 aromatic carbocycles. The molecule has 1 aliphatic carbocycles. The van der Waals surface area contributed by atoms with Crippen molar-refractivity contribution in [3.05, 3.63) is 0 Å². The van der Waals surface area contributed by atoms with Gasteiger partial charge in [0.2, 0.25) is 0 Å². The zero-order chi connectivity index (χ0) is 13.2. The van der Waals surface area contributed by atoms with Gasteiger partial charge in [-0.2, -0.15) is 0 Å². The van der Waals surface area contributed by atoms with Gasteiger partial charge in [0.15, 0.2) is 0 Å². The van der Waals surface area contributed by atoms with E-state index >= 15 is 0 Å². The van der Waals surface area contributed by atoms with E-state index in [2.05, 4.69) is 5.32 Å². The predicted molar refractivity (Wildman–Crippen MR) is 71.6 cm³/mol. The fraction of sp³-hybridized carbons (Fsp3) is 0.929. The molecule has 0 bridgehead atoms. The Hall–Kier alpha value is -0.770. The molecule has 0 aromatic rings. The standard InChI is InChI=1S/C14H26N2O2/c1-14(2,3)18-13(17)16(12-4-5-12)10-11-6-8-15-9-7-11/h11-12,15H,4-10H2,1-3H3. The van der Waals surface area contributed by atoms with Crippen molar-refractivity contribution in [1.82, 2.24) is 10.2 Å². The molecule has 1 saturated heterocycles. The van der Waals surface area contributed by atoms with E-state index in [1.807, 2.05) is 25.7 Å². The van der Waals surface area contributed by atoms with Gasteiger partial charge in [-0.3, -0.25) is 0 Å². The van der Waals surface area contributed by atoms with E-state index in [1.54, 1.807) is 0 Å². The Morgan fingerprint density at radius 1 is 1.22 bits per heavy atom. The first kappa shape index (κ1) is 13.7. The summed E-state index contributed by atoms with van der Waals surface area (Å²) in [6.45, 7) is 8.83. The number of amides is 1. The molecule has 2 rings (SSSR count). The fourth-order valence-electron chi connectivity index (χ4n) is 2.42. The van der Waals surface area contributed by atoms with Crippen molar-refractivity contribution in [2.75, 3.05) is 19.6 Å². The molecule has 0 spiro atoms. The highest BCUT2D eigenvalue weighted by molar-refractivity contribution is 5.69. The molecule has 0 unspecified atom stereocenters. The number of carbonyl (C=O) groups is 1. The SMILES string of the molecule is CC(C)(C)OC(=O)N(CC1CCNCC1)C1CC1. The molecule has 1 aliphatic heterocycles. The average Bonchev–Trinajstić information content (AvgIpc) is 3.08. The van der Waals surface area contributed by atoms with E-state index in [1.165, 1.54) is 12.8 Å². The van der Waals surface area contributed by atoms with Gasteiger partial charge in [0.1, 0.15) is 5.60 Å². The highest BCUT2D eigenvalue weighted by Crippen LogP contribution is 2.30. The lowest BCUT2D eigenvalue weighted by atomic mass is 9.97.